The van der Waals surface area contributed by atoms with Crippen LogP contribution in [0.25, 0.3) is 0 Å². The van der Waals surface area contributed by atoms with Crippen molar-refractivity contribution in [1.29, 1.82) is 5.26 Å². The molecule has 0 aromatic carbocycles. The van der Waals surface area contributed by atoms with Gasteiger partial charge in [-0.3, -0.25) is 0 Å². The molecule has 0 rings (SSSR count). The first-order chi connectivity index (χ1) is 5.62. The maximum Gasteiger partial charge on any atom is 0.0684 e. The second kappa shape index (κ2) is 5.99. The van der Waals surface area contributed by atoms with Crippen LogP contribution in [-0.4, -0.2) is 26.8 Å². The van der Waals surface area contributed by atoms with E-state index in [-0.39, 0.29) is 5.41 Å². The second-order valence-electron chi connectivity index (χ2n) is 3.49. The van der Waals surface area contributed by atoms with Crippen molar-refractivity contribution in [1.82, 2.24) is 5.32 Å². The molecular formula is C9H18N2O. The van der Waals surface area contributed by atoms with E-state index in [2.05, 4.69) is 11.4 Å². The van der Waals surface area contributed by atoms with E-state index >= 15 is 0 Å². The first-order valence-corrected chi connectivity index (χ1v) is 4.23. The van der Waals surface area contributed by atoms with Crippen LogP contribution in [0.15, 0.2) is 0 Å². The van der Waals surface area contributed by atoms with Gasteiger partial charge in [-0.25, -0.2) is 0 Å². The highest BCUT2D eigenvalue weighted by Gasteiger charge is 2.14. The standard InChI is InChI=1S/C9H18N2O/c1-9(2,8-10)4-5-11-6-7-12-3/h11H,4-7H2,1-3H3. The summed E-state index contributed by atoms with van der Waals surface area (Å²) in [6.45, 7) is 6.37. The largest absolute Gasteiger partial charge is 0.383 e. The molecule has 0 fully saturated rings. The summed E-state index contributed by atoms with van der Waals surface area (Å²) >= 11 is 0. The van der Waals surface area contributed by atoms with Crippen molar-refractivity contribution in [3.63, 3.8) is 0 Å². The van der Waals surface area contributed by atoms with Gasteiger partial charge in [-0.1, -0.05) is 0 Å². The number of hydrogen-bond acceptors (Lipinski definition) is 3. The molecule has 0 aliphatic rings. The van der Waals surface area contributed by atoms with Crippen molar-refractivity contribution in [3.05, 3.63) is 0 Å². The molecule has 3 nitrogen and oxygen atoms in total. The van der Waals surface area contributed by atoms with Gasteiger partial charge in [0.25, 0.3) is 0 Å². The Hall–Kier alpha value is -0.590. The molecule has 0 saturated heterocycles. The summed E-state index contributed by atoms with van der Waals surface area (Å²) in [5.41, 5.74) is -0.208. The minimum absolute atomic E-state index is 0.208. The molecule has 0 amide bonds. The minimum Gasteiger partial charge on any atom is -0.383 e. The van der Waals surface area contributed by atoms with E-state index < -0.39 is 0 Å². The van der Waals surface area contributed by atoms with Gasteiger partial charge >= 0.3 is 0 Å². The third-order valence-corrected chi connectivity index (χ3v) is 1.71. The number of nitriles is 1. The zero-order valence-electron chi connectivity index (χ0n) is 8.18. The fourth-order valence-electron chi connectivity index (χ4n) is 0.756. The first kappa shape index (κ1) is 11.4. The summed E-state index contributed by atoms with van der Waals surface area (Å²) in [4.78, 5) is 0. The van der Waals surface area contributed by atoms with Crippen molar-refractivity contribution < 1.29 is 4.74 Å². The number of rotatable bonds is 6. The molecule has 1 N–H and O–H groups in total. The second-order valence-corrected chi connectivity index (χ2v) is 3.49. The SMILES string of the molecule is COCCNCCC(C)(C)C#N. The van der Waals surface area contributed by atoms with Gasteiger partial charge in [0.05, 0.1) is 18.1 Å². The lowest BCUT2D eigenvalue weighted by Crippen LogP contribution is -2.24. The van der Waals surface area contributed by atoms with Crippen LogP contribution >= 0.6 is 0 Å². The zero-order valence-corrected chi connectivity index (χ0v) is 8.18. The maximum atomic E-state index is 8.69. The van der Waals surface area contributed by atoms with Gasteiger partial charge in [0.15, 0.2) is 0 Å². The van der Waals surface area contributed by atoms with Crippen LogP contribution < -0.4 is 5.32 Å². The summed E-state index contributed by atoms with van der Waals surface area (Å²) in [5.74, 6) is 0. The lowest BCUT2D eigenvalue weighted by atomic mass is 9.92. The summed E-state index contributed by atoms with van der Waals surface area (Å²) < 4.78 is 4.87. The van der Waals surface area contributed by atoms with E-state index in [1.54, 1.807) is 7.11 Å². The predicted octanol–water partition coefficient (Wildman–Crippen LogP) is 1.16. The molecule has 0 radical (unpaired) electrons. The smallest absolute Gasteiger partial charge is 0.0684 e. The van der Waals surface area contributed by atoms with E-state index in [1.807, 2.05) is 13.8 Å². The molecule has 0 spiro atoms. The topological polar surface area (TPSA) is 45.0 Å². The van der Waals surface area contributed by atoms with Gasteiger partial charge in [0.2, 0.25) is 0 Å². The lowest BCUT2D eigenvalue weighted by Gasteiger charge is -2.14. The highest BCUT2D eigenvalue weighted by molar-refractivity contribution is 4.91. The van der Waals surface area contributed by atoms with Crippen LogP contribution in [0.1, 0.15) is 20.3 Å². The van der Waals surface area contributed by atoms with Gasteiger partial charge in [-0.15, -0.1) is 0 Å². The van der Waals surface area contributed by atoms with Crippen molar-refractivity contribution in [3.8, 4) is 6.07 Å². The molecule has 70 valence electrons. The molecule has 0 aromatic heterocycles. The molecule has 0 saturated carbocycles. The van der Waals surface area contributed by atoms with Crippen molar-refractivity contribution >= 4 is 0 Å². The number of nitrogens with zero attached hydrogens (tertiary/aromatic N) is 1. The summed E-state index contributed by atoms with van der Waals surface area (Å²) in [7, 11) is 1.68. The van der Waals surface area contributed by atoms with Crippen LogP contribution in [0.4, 0.5) is 0 Å². The van der Waals surface area contributed by atoms with Crippen molar-refractivity contribution in [2.75, 3.05) is 26.8 Å². The molecule has 3 heteroatoms. The lowest BCUT2D eigenvalue weighted by molar-refractivity contribution is 0.198. The molecule has 0 unspecified atom stereocenters. The molecule has 0 aliphatic carbocycles. The molecule has 0 heterocycles. The van der Waals surface area contributed by atoms with Gasteiger partial charge in [0, 0.05) is 13.7 Å². The van der Waals surface area contributed by atoms with Gasteiger partial charge < -0.3 is 10.1 Å². The average molecular weight is 170 g/mol. The molecule has 0 atom stereocenters. The molecule has 12 heavy (non-hydrogen) atoms. The van der Waals surface area contributed by atoms with Crippen molar-refractivity contribution in [2.24, 2.45) is 5.41 Å². The fraction of sp³-hybridized carbons (Fsp3) is 0.889. The third-order valence-electron chi connectivity index (χ3n) is 1.71. The third kappa shape index (κ3) is 6.14. The van der Waals surface area contributed by atoms with E-state index in [0.29, 0.717) is 0 Å². The number of ether oxygens (including phenoxy) is 1. The first-order valence-electron chi connectivity index (χ1n) is 4.23. The zero-order chi connectivity index (χ0) is 9.45. The number of nitrogens with one attached hydrogen (secondary N) is 1. The van der Waals surface area contributed by atoms with Crippen LogP contribution in [0.5, 0.6) is 0 Å². The van der Waals surface area contributed by atoms with Gasteiger partial charge in [-0.05, 0) is 26.8 Å². The maximum absolute atomic E-state index is 8.69. The number of hydrogen-bond donors (Lipinski definition) is 1. The van der Waals surface area contributed by atoms with E-state index in [9.17, 15) is 0 Å². The van der Waals surface area contributed by atoms with Gasteiger partial charge in [-0.2, -0.15) is 5.26 Å². The van der Waals surface area contributed by atoms with Crippen LogP contribution in [0.2, 0.25) is 0 Å². The van der Waals surface area contributed by atoms with Crippen LogP contribution in [0, 0.1) is 16.7 Å². The Kier molecular flexibility index (Phi) is 5.69. The highest BCUT2D eigenvalue weighted by atomic mass is 16.5. The van der Waals surface area contributed by atoms with Crippen molar-refractivity contribution in [2.45, 2.75) is 20.3 Å². The normalized spacial score (nSPS) is 11.2. The van der Waals surface area contributed by atoms with E-state index in [0.717, 1.165) is 26.1 Å². The van der Waals surface area contributed by atoms with E-state index in [4.69, 9.17) is 10.00 Å². The van der Waals surface area contributed by atoms with Crippen LogP contribution in [-0.2, 0) is 4.74 Å². The molecule has 0 aromatic rings. The number of methoxy groups -OCH3 is 1. The van der Waals surface area contributed by atoms with E-state index in [1.165, 1.54) is 0 Å². The monoisotopic (exact) mass is 170 g/mol. The highest BCUT2D eigenvalue weighted by Crippen LogP contribution is 2.16. The van der Waals surface area contributed by atoms with Crippen LogP contribution in [0.3, 0.4) is 0 Å². The predicted molar refractivity (Wildman–Crippen MR) is 48.8 cm³/mol. The quantitative estimate of drug-likeness (QED) is 0.608. The fourth-order valence-corrected chi connectivity index (χ4v) is 0.756. The van der Waals surface area contributed by atoms with Gasteiger partial charge in [0.1, 0.15) is 0 Å². The summed E-state index contributed by atoms with van der Waals surface area (Å²) in [6.07, 6.45) is 0.882. The molecular weight excluding hydrogens is 152 g/mol. The molecule has 0 aliphatic heterocycles. The minimum atomic E-state index is -0.208. The Morgan fingerprint density at radius 1 is 1.42 bits per heavy atom. The Morgan fingerprint density at radius 2 is 2.08 bits per heavy atom. The Balaban J connectivity index is 3.27. The average Bonchev–Trinajstić information content (AvgIpc) is 2.04. The summed E-state index contributed by atoms with van der Waals surface area (Å²) in [5, 5.41) is 11.9. The molecule has 0 bridgehead atoms. The Labute approximate surface area is 74.7 Å². The Bertz CT molecular complexity index is 149. The Morgan fingerprint density at radius 3 is 2.58 bits per heavy atom. The summed E-state index contributed by atoms with van der Waals surface area (Å²) in [6, 6.07) is 2.26.